The van der Waals surface area contributed by atoms with E-state index in [1.165, 1.54) is 0 Å². The molecular weight excluding hydrogens is 302 g/mol. The number of aromatic amines is 1. The lowest BCUT2D eigenvalue weighted by molar-refractivity contribution is 0.908. The Balaban J connectivity index is 1.95. The molecule has 0 unspecified atom stereocenters. The molecular formula is C16H12ClN3S. The van der Waals surface area contributed by atoms with Crippen molar-refractivity contribution in [2.75, 3.05) is 0 Å². The van der Waals surface area contributed by atoms with E-state index in [2.05, 4.69) is 15.2 Å². The number of aromatic nitrogens is 3. The summed E-state index contributed by atoms with van der Waals surface area (Å²) in [6.07, 6.45) is 0.648. The maximum absolute atomic E-state index is 5.90. The smallest absolute Gasteiger partial charge is 0.179 e. The van der Waals surface area contributed by atoms with Gasteiger partial charge in [-0.1, -0.05) is 66.3 Å². The fourth-order valence-corrected chi connectivity index (χ4v) is 2.29. The van der Waals surface area contributed by atoms with E-state index < -0.39 is 0 Å². The number of hydrogen-bond acceptors (Lipinski definition) is 3. The maximum atomic E-state index is 5.90. The van der Waals surface area contributed by atoms with Gasteiger partial charge in [-0.3, -0.25) is 5.10 Å². The van der Waals surface area contributed by atoms with E-state index in [0.29, 0.717) is 16.9 Å². The Labute approximate surface area is 132 Å². The summed E-state index contributed by atoms with van der Waals surface area (Å²) in [5, 5.41) is 7.80. The van der Waals surface area contributed by atoms with Gasteiger partial charge in [-0.2, -0.15) is 5.10 Å². The molecule has 1 aromatic heterocycles. The molecule has 0 saturated carbocycles. The van der Waals surface area contributed by atoms with Crippen LogP contribution in [0.5, 0.6) is 0 Å². The second-order valence-electron chi connectivity index (χ2n) is 4.60. The van der Waals surface area contributed by atoms with Crippen molar-refractivity contribution in [2.24, 2.45) is 0 Å². The highest BCUT2D eigenvalue weighted by Crippen LogP contribution is 2.16. The zero-order chi connectivity index (χ0) is 14.7. The third-order valence-corrected chi connectivity index (χ3v) is 3.66. The van der Waals surface area contributed by atoms with Gasteiger partial charge in [0.2, 0.25) is 0 Å². The first-order valence-corrected chi connectivity index (χ1v) is 7.26. The van der Waals surface area contributed by atoms with Crippen molar-refractivity contribution >= 4 is 23.8 Å². The van der Waals surface area contributed by atoms with Crippen LogP contribution >= 0.6 is 23.8 Å². The first-order chi connectivity index (χ1) is 10.2. The topological polar surface area (TPSA) is 41.6 Å². The van der Waals surface area contributed by atoms with E-state index in [1.54, 1.807) is 0 Å². The van der Waals surface area contributed by atoms with Crippen LogP contribution in [0.25, 0.3) is 11.4 Å². The van der Waals surface area contributed by atoms with Gasteiger partial charge in [-0.05, 0) is 17.7 Å². The molecule has 3 aromatic rings. The van der Waals surface area contributed by atoms with E-state index in [1.807, 2.05) is 54.6 Å². The van der Waals surface area contributed by atoms with Gasteiger partial charge in [0.15, 0.2) is 5.82 Å². The van der Waals surface area contributed by atoms with Crippen molar-refractivity contribution in [2.45, 2.75) is 6.42 Å². The summed E-state index contributed by atoms with van der Waals surface area (Å²) in [6, 6.07) is 17.5. The van der Waals surface area contributed by atoms with Crippen LogP contribution in [-0.4, -0.2) is 15.2 Å². The quantitative estimate of drug-likeness (QED) is 0.727. The fraction of sp³-hybridized carbons (Fsp3) is 0.0625. The summed E-state index contributed by atoms with van der Waals surface area (Å²) >= 11 is 11.2. The van der Waals surface area contributed by atoms with Crippen LogP contribution in [0.4, 0.5) is 0 Å². The molecule has 3 nitrogen and oxygen atoms in total. The van der Waals surface area contributed by atoms with Gasteiger partial charge in [-0.15, -0.1) is 0 Å². The number of benzene rings is 2. The molecule has 0 aliphatic carbocycles. The lowest BCUT2D eigenvalue weighted by Crippen LogP contribution is -2.01. The molecule has 0 aliphatic heterocycles. The van der Waals surface area contributed by atoms with Crippen molar-refractivity contribution in [3.8, 4) is 11.4 Å². The van der Waals surface area contributed by atoms with Crippen molar-refractivity contribution in [3.63, 3.8) is 0 Å². The molecule has 1 N–H and O–H groups in total. The molecule has 2 aromatic carbocycles. The van der Waals surface area contributed by atoms with Gasteiger partial charge < -0.3 is 0 Å². The zero-order valence-electron chi connectivity index (χ0n) is 11.1. The normalized spacial score (nSPS) is 10.5. The zero-order valence-corrected chi connectivity index (χ0v) is 12.7. The van der Waals surface area contributed by atoms with Gasteiger partial charge in [0.25, 0.3) is 0 Å². The van der Waals surface area contributed by atoms with Gasteiger partial charge in [0, 0.05) is 17.0 Å². The minimum Gasteiger partial charge on any atom is -0.264 e. The first-order valence-electron chi connectivity index (χ1n) is 6.48. The van der Waals surface area contributed by atoms with Crippen molar-refractivity contribution in [3.05, 3.63) is 75.5 Å². The highest BCUT2D eigenvalue weighted by molar-refractivity contribution is 7.71. The average molecular weight is 314 g/mol. The molecule has 3 rings (SSSR count). The largest absolute Gasteiger partial charge is 0.264 e. The Hall–Kier alpha value is -2.04. The number of nitrogens with zero attached hydrogens (tertiary/aromatic N) is 2. The Morgan fingerprint density at radius 1 is 1.00 bits per heavy atom. The molecule has 0 atom stereocenters. The van der Waals surface area contributed by atoms with Gasteiger partial charge >= 0.3 is 0 Å². The molecule has 104 valence electrons. The lowest BCUT2D eigenvalue weighted by Gasteiger charge is -2.05. The summed E-state index contributed by atoms with van der Waals surface area (Å²) in [4.78, 5) is 4.58. The van der Waals surface area contributed by atoms with Crippen LogP contribution in [0, 0.1) is 4.64 Å². The van der Waals surface area contributed by atoms with E-state index in [9.17, 15) is 0 Å². The van der Waals surface area contributed by atoms with E-state index in [-0.39, 0.29) is 0 Å². The predicted octanol–water partition coefficient (Wildman–Crippen LogP) is 4.45. The third kappa shape index (κ3) is 3.35. The van der Waals surface area contributed by atoms with Crippen LogP contribution < -0.4 is 0 Å². The second-order valence-corrected chi connectivity index (χ2v) is 5.45. The molecule has 1 heterocycles. The summed E-state index contributed by atoms with van der Waals surface area (Å²) < 4.78 is 0.560. The van der Waals surface area contributed by atoms with Crippen LogP contribution in [0.1, 0.15) is 11.3 Å². The highest BCUT2D eigenvalue weighted by Gasteiger charge is 2.06. The third-order valence-electron chi connectivity index (χ3n) is 3.08. The number of H-pyrrole nitrogens is 1. The number of nitrogens with one attached hydrogen (secondary N) is 1. The van der Waals surface area contributed by atoms with Gasteiger partial charge in [-0.25, -0.2) is 4.98 Å². The fourth-order valence-electron chi connectivity index (χ4n) is 2.00. The highest BCUT2D eigenvalue weighted by atomic mass is 35.5. The van der Waals surface area contributed by atoms with Crippen molar-refractivity contribution < 1.29 is 0 Å². The molecule has 0 aliphatic rings. The number of halogens is 1. The van der Waals surface area contributed by atoms with Crippen molar-refractivity contribution in [1.29, 1.82) is 0 Å². The molecule has 0 spiro atoms. The minimum atomic E-state index is 0.560. The molecule has 0 saturated heterocycles. The Bertz CT molecular complexity index is 798. The van der Waals surface area contributed by atoms with Crippen LogP contribution in [-0.2, 0) is 6.42 Å². The van der Waals surface area contributed by atoms with E-state index in [0.717, 1.165) is 21.8 Å². The van der Waals surface area contributed by atoms with Crippen LogP contribution in [0.2, 0.25) is 5.02 Å². The van der Waals surface area contributed by atoms with Crippen LogP contribution in [0.3, 0.4) is 0 Å². The van der Waals surface area contributed by atoms with E-state index in [4.69, 9.17) is 23.8 Å². The summed E-state index contributed by atoms with van der Waals surface area (Å²) in [7, 11) is 0. The lowest BCUT2D eigenvalue weighted by atomic mass is 10.1. The Kier molecular flexibility index (Phi) is 4.08. The molecule has 21 heavy (non-hydrogen) atoms. The number of rotatable bonds is 3. The summed E-state index contributed by atoms with van der Waals surface area (Å²) in [5.74, 6) is 0.646. The molecule has 0 fully saturated rings. The first kappa shape index (κ1) is 13.9. The Morgan fingerprint density at radius 2 is 1.71 bits per heavy atom. The van der Waals surface area contributed by atoms with Crippen LogP contribution in [0.15, 0.2) is 54.6 Å². The second kappa shape index (κ2) is 6.16. The summed E-state index contributed by atoms with van der Waals surface area (Å²) in [5.41, 5.74) is 2.87. The molecule has 5 heteroatoms. The average Bonchev–Trinajstić information content (AvgIpc) is 2.52. The minimum absolute atomic E-state index is 0.560. The van der Waals surface area contributed by atoms with Gasteiger partial charge in [0.1, 0.15) is 4.64 Å². The van der Waals surface area contributed by atoms with Gasteiger partial charge in [0.05, 0.1) is 5.69 Å². The summed E-state index contributed by atoms with van der Waals surface area (Å²) in [6.45, 7) is 0. The predicted molar refractivity (Wildman–Crippen MR) is 86.9 cm³/mol. The van der Waals surface area contributed by atoms with E-state index >= 15 is 0 Å². The molecule has 0 bridgehead atoms. The standard InChI is InChI=1S/C16H12ClN3S/c17-13-8-6-11(7-9-13)10-14-16(21)20-19-15(18-14)12-4-2-1-3-5-12/h1-9H,10H2,(H,20,21). The number of hydrogen-bond donors (Lipinski definition) is 1. The SMILES string of the molecule is S=c1[nH]nc(-c2ccccc2)nc1Cc1ccc(Cl)cc1. The Morgan fingerprint density at radius 3 is 2.43 bits per heavy atom. The molecule has 0 radical (unpaired) electrons. The maximum Gasteiger partial charge on any atom is 0.179 e. The van der Waals surface area contributed by atoms with Crippen molar-refractivity contribution in [1.82, 2.24) is 15.2 Å². The monoisotopic (exact) mass is 313 g/mol. The molecule has 0 amide bonds.